The number of carbonyl (C=O) groups excluding carboxylic acids is 1. The zero-order valence-electron chi connectivity index (χ0n) is 14.1. The number of hydrogen-bond donors (Lipinski definition) is 0. The fraction of sp³-hybridized carbons (Fsp3) is 0.300. The molecule has 0 N–H and O–H groups in total. The fourth-order valence-corrected chi connectivity index (χ4v) is 3.10. The van der Waals surface area contributed by atoms with E-state index >= 15 is 0 Å². The number of carbonyl (C=O) groups is 1. The number of ether oxygens (including phenoxy) is 1. The van der Waals surface area contributed by atoms with Crippen LogP contribution in [-0.2, 0) is 16.0 Å². The van der Waals surface area contributed by atoms with Crippen molar-refractivity contribution in [3.05, 3.63) is 66.2 Å². The molecule has 0 aliphatic heterocycles. The maximum absolute atomic E-state index is 12.0. The summed E-state index contributed by atoms with van der Waals surface area (Å²) in [5.74, 6) is 0.906. The quantitative estimate of drug-likeness (QED) is 0.409. The third-order valence-electron chi connectivity index (χ3n) is 3.52. The van der Waals surface area contributed by atoms with Gasteiger partial charge < -0.3 is 4.74 Å². The minimum Gasteiger partial charge on any atom is -0.467 e. The van der Waals surface area contributed by atoms with Crippen LogP contribution in [0.5, 0.6) is 0 Å². The fourth-order valence-electron chi connectivity index (χ4n) is 2.21. The van der Waals surface area contributed by atoms with Crippen LogP contribution in [0.25, 0.3) is 0 Å². The van der Waals surface area contributed by atoms with Crippen molar-refractivity contribution in [3.8, 4) is 0 Å². The maximum Gasteiger partial charge on any atom is 0.330 e. The molecule has 0 radical (unpaired) electrons. The Labute approximate surface area is 148 Å². The van der Waals surface area contributed by atoms with E-state index in [4.69, 9.17) is 4.74 Å². The summed E-state index contributed by atoms with van der Waals surface area (Å²) in [6, 6.07) is 19.7. The summed E-state index contributed by atoms with van der Waals surface area (Å²) in [4.78, 5) is 17.7. The number of hydrogen-bond acceptors (Lipinski definition) is 4. The molecule has 0 aliphatic rings. The molecule has 2 atom stereocenters. The molecule has 0 bridgehead atoms. The first-order chi connectivity index (χ1) is 11.7. The topological polar surface area (TPSA) is 38.7 Å². The van der Waals surface area contributed by atoms with Gasteiger partial charge in [0.2, 0.25) is 0 Å². The van der Waals surface area contributed by atoms with Gasteiger partial charge in [0.1, 0.15) is 0 Å². The second-order valence-corrected chi connectivity index (χ2v) is 6.72. The number of esters is 1. The number of thioether (sulfide) groups is 1. The first-order valence-corrected chi connectivity index (χ1v) is 9.00. The number of methoxy groups -OCH3 is 1. The summed E-state index contributed by atoms with van der Waals surface area (Å²) in [6.45, 7) is 2.11. The van der Waals surface area contributed by atoms with E-state index in [0.717, 1.165) is 11.3 Å². The normalized spacial score (nSPS) is 13.6. The van der Waals surface area contributed by atoms with Gasteiger partial charge in [-0.2, -0.15) is 0 Å². The molecule has 0 aliphatic carbocycles. The number of nitrogens with zero attached hydrogens (tertiary/aromatic N) is 1. The lowest BCUT2D eigenvalue weighted by molar-refractivity contribution is -0.142. The largest absolute Gasteiger partial charge is 0.467 e. The molecule has 2 unspecified atom stereocenters. The first-order valence-electron chi connectivity index (χ1n) is 8.02. The van der Waals surface area contributed by atoms with Gasteiger partial charge in [0.05, 0.1) is 7.11 Å². The second-order valence-electron chi connectivity index (χ2n) is 5.63. The highest BCUT2D eigenvalue weighted by Crippen LogP contribution is 2.19. The summed E-state index contributed by atoms with van der Waals surface area (Å²) >= 11 is 1.79. The predicted molar refractivity (Wildman–Crippen MR) is 101 cm³/mol. The van der Waals surface area contributed by atoms with E-state index in [-0.39, 0.29) is 11.9 Å². The SMILES string of the molecule is COC(=O)C(Cc1ccccc1)N=CC(C)CSc1ccccc1. The molecule has 3 nitrogen and oxygen atoms in total. The molecule has 126 valence electrons. The highest BCUT2D eigenvalue weighted by molar-refractivity contribution is 7.99. The minimum atomic E-state index is -0.485. The van der Waals surface area contributed by atoms with Crippen LogP contribution in [0.15, 0.2) is 70.6 Å². The average Bonchev–Trinajstić information content (AvgIpc) is 2.64. The molecule has 2 aromatic rings. The molecular formula is C20H23NO2S. The van der Waals surface area contributed by atoms with Crippen LogP contribution < -0.4 is 0 Å². The average molecular weight is 341 g/mol. The van der Waals surface area contributed by atoms with E-state index < -0.39 is 6.04 Å². The Morgan fingerprint density at radius 1 is 1.12 bits per heavy atom. The standard InChI is InChI=1S/C20H23NO2S/c1-16(15-24-18-11-7-4-8-12-18)14-21-19(20(22)23-2)13-17-9-5-3-6-10-17/h3-12,14,16,19H,13,15H2,1-2H3. The lowest BCUT2D eigenvalue weighted by Crippen LogP contribution is -2.23. The summed E-state index contributed by atoms with van der Waals surface area (Å²) in [7, 11) is 1.41. The third kappa shape index (κ3) is 6.20. The van der Waals surface area contributed by atoms with E-state index in [1.165, 1.54) is 12.0 Å². The smallest absolute Gasteiger partial charge is 0.330 e. The third-order valence-corrected chi connectivity index (χ3v) is 4.82. The van der Waals surface area contributed by atoms with Crippen molar-refractivity contribution in [2.45, 2.75) is 24.3 Å². The highest BCUT2D eigenvalue weighted by Gasteiger charge is 2.18. The van der Waals surface area contributed by atoms with Crippen molar-refractivity contribution in [1.29, 1.82) is 0 Å². The first kappa shape index (κ1) is 18.3. The van der Waals surface area contributed by atoms with Crippen LogP contribution in [0, 0.1) is 5.92 Å². The molecule has 0 fully saturated rings. The maximum atomic E-state index is 12.0. The monoisotopic (exact) mass is 341 g/mol. The van der Waals surface area contributed by atoms with Crippen LogP contribution in [0.1, 0.15) is 12.5 Å². The van der Waals surface area contributed by atoms with Gasteiger partial charge in [-0.25, -0.2) is 4.79 Å². The van der Waals surface area contributed by atoms with Gasteiger partial charge in [-0.15, -0.1) is 11.8 Å². The van der Waals surface area contributed by atoms with E-state index in [9.17, 15) is 4.79 Å². The number of rotatable bonds is 8. The number of aliphatic imine (C=N–C) groups is 1. The van der Waals surface area contributed by atoms with Crippen molar-refractivity contribution < 1.29 is 9.53 Å². The van der Waals surface area contributed by atoms with Gasteiger partial charge in [-0.05, 0) is 17.7 Å². The van der Waals surface area contributed by atoms with Gasteiger partial charge in [-0.1, -0.05) is 55.5 Å². The van der Waals surface area contributed by atoms with E-state index in [0.29, 0.717) is 6.42 Å². The molecule has 0 heterocycles. The summed E-state index contributed by atoms with van der Waals surface area (Å²) in [5.41, 5.74) is 1.08. The molecule has 0 amide bonds. The van der Waals surface area contributed by atoms with Crippen molar-refractivity contribution in [2.75, 3.05) is 12.9 Å². The van der Waals surface area contributed by atoms with Crippen LogP contribution in [0.4, 0.5) is 0 Å². The van der Waals surface area contributed by atoms with E-state index in [2.05, 4.69) is 24.0 Å². The summed E-state index contributed by atoms with van der Waals surface area (Å²) < 4.78 is 4.89. The molecule has 4 heteroatoms. The molecule has 0 saturated carbocycles. The molecule has 24 heavy (non-hydrogen) atoms. The second kappa shape index (κ2) is 9.93. The van der Waals surface area contributed by atoms with Crippen LogP contribution in [0.2, 0.25) is 0 Å². The van der Waals surface area contributed by atoms with Crippen molar-refractivity contribution in [1.82, 2.24) is 0 Å². The Balaban J connectivity index is 1.92. The Bertz CT molecular complexity index is 643. The Kier molecular flexibility index (Phi) is 7.56. The Morgan fingerprint density at radius 3 is 2.38 bits per heavy atom. The lowest BCUT2D eigenvalue weighted by atomic mass is 10.1. The minimum absolute atomic E-state index is 0.276. The van der Waals surface area contributed by atoms with Crippen LogP contribution >= 0.6 is 11.8 Å². The lowest BCUT2D eigenvalue weighted by Gasteiger charge is -2.12. The summed E-state index contributed by atoms with van der Waals surface area (Å²) in [6.07, 6.45) is 2.43. The molecular weight excluding hydrogens is 318 g/mol. The highest BCUT2D eigenvalue weighted by atomic mass is 32.2. The summed E-state index contributed by atoms with van der Waals surface area (Å²) in [5, 5.41) is 0. The zero-order valence-corrected chi connectivity index (χ0v) is 14.9. The van der Waals surface area contributed by atoms with Gasteiger partial charge in [0, 0.05) is 29.2 Å². The molecule has 2 aromatic carbocycles. The molecule has 0 saturated heterocycles. The van der Waals surface area contributed by atoms with Crippen LogP contribution in [-0.4, -0.2) is 31.1 Å². The van der Waals surface area contributed by atoms with Gasteiger partial charge in [-0.3, -0.25) is 4.99 Å². The van der Waals surface area contributed by atoms with Crippen molar-refractivity contribution in [2.24, 2.45) is 10.9 Å². The number of benzene rings is 2. The van der Waals surface area contributed by atoms with Gasteiger partial charge >= 0.3 is 5.97 Å². The molecule has 0 spiro atoms. The zero-order chi connectivity index (χ0) is 17.2. The van der Waals surface area contributed by atoms with Crippen molar-refractivity contribution >= 4 is 23.9 Å². The van der Waals surface area contributed by atoms with Crippen molar-refractivity contribution in [3.63, 3.8) is 0 Å². The van der Waals surface area contributed by atoms with E-state index in [1.54, 1.807) is 11.8 Å². The van der Waals surface area contributed by atoms with Crippen LogP contribution in [0.3, 0.4) is 0 Å². The Morgan fingerprint density at radius 2 is 1.75 bits per heavy atom. The molecule has 0 aromatic heterocycles. The van der Waals surface area contributed by atoms with Gasteiger partial charge in [0.15, 0.2) is 6.04 Å². The molecule has 2 rings (SSSR count). The Hall–Kier alpha value is -2.07. The van der Waals surface area contributed by atoms with Gasteiger partial charge in [0.25, 0.3) is 0 Å². The predicted octanol–water partition coefficient (Wildman–Crippen LogP) is 4.27. The van der Waals surface area contributed by atoms with E-state index in [1.807, 2.05) is 54.7 Å².